The number of ether oxygens (including phenoxy) is 1. The third-order valence-electron chi connectivity index (χ3n) is 5.79. The van der Waals surface area contributed by atoms with Crippen LogP contribution < -0.4 is 14.9 Å². The Morgan fingerprint density at radius 1 is 1.18 bits per heavy atom. The number of thiazole rings is 1. The molecule has 34 heavy (non-hydrogen) atoms. The van der Waals surface area contributed by atoms with E-state index in [-0.39, 0.29) is 17.6 Å². The molecule has 1 aromatic heterocycles. The van der Waals surface area contributed by atoms with Crippen molar-refractivity contribution in [3.8, 4) is 0 Å². The second kappa shape index (κ2) is 9.35. The highest BCUT2D eigenvalue weighted by Crippen LogP contribution is 2.34. The summed E-state index contributed by atoms with van der Waals surface area (Å²) in [6.07, 6.45) is 1.86. The maximum Gasteiger partial charge on any atom is 0.338 e. The number of benzene rings is 2. The molecule has 2 heterocycles. The van der Waals surface area contributed by atoms with Gasteiger partial charge in [0.05, 0.1) is 22.4 Å². The molecule has 0 radical (unpaired) electrons. The lowest BCUT2D eigenvalue weighted by Crippen LogP contribution is -2.40. The van der Waals surface area contributed by atoms with Gasteiger partial charge >= 0.3 is 5.97 Å². The van der Waals surface area contributed by atoms with E-state index in [0.717, 1.165) is 5.56 Å². The third kappa shape index (κ3) is 4.52. The average molecular weight is 495 g/mol. The van der Waals surface area contributed by atoms with E-state index in [9.17, 15) is 9.59 Å². The van der Waals surface area contributed by atoms with E-state index in [4.69, 9.17) is 16.3 Å². The quantitative estimate of drug-likeness (QED) is 0.492. The van der Waals surface area contributed by atoms with Crippen molar-refractivity contribution in [2.75, 3.05) is 6.61 Å². The van der Waals surface area contributed by atoms with Gasteiger partial charge in [-0.2, -0.15) is 0 Å². The molecular weight excluding hydrogens is 468 g/mol. The molecule has 0 saturated carbocycles. The summed E-state index contributed by atoms with van der Waals surface area (Å²) in [6.45, 7) is 10.2. The summed E-state index contributed by atoms with van der Waals surface area (Å²) in [7, 11) is 0. The summed E-state index contributed by atoms with van der Waals surface area (Å²) < 4.78 is 7.41. The van der Waals surface area contributed by atoms with Gasteiger partial charge in [0.1, 0.15) is 6.04 Å². The fourth-order valence-corrected chi connectivity index (χ4v) is 5.30. The van der Waals surface area contributed by atoms with Gasteiger partial charge in [-0.1, -0.05) is 86.2 Å². The molecule has 5 nitrogen and oxygen atoms in total. The summed E-state index contributed by atoms with van der Waals surface area (Å²) in [5.74, 6) is -0.499. The molecule has 0 saturated heterocycles. The van der Waals surface area contributed by atoms with Crippen molar-refractivity contribution in [1.82, 2.24) is 4.57 Å². The SMILES string of the molecule is CCOC(=O)C1=C(C)N=c2s/c(=C\c3ccc(C(C)(C)C)cc3)c(=O)n2[C@@H]1c1ccccc1Cl. The third-order valence-corrected chi connectivity index (χ3v) is 7.12. The van der Waals surface area contributed by atoms with Gasteiger partial charge in [0.25, 0.3) is 5.56 Å². The van der Waals surface area contributed by atoms with Crippen LogP contribution in [-0.2, 0) is 14.9 Å². The second-order valence-corrected chi connectivity index (χ2v) is 10.6. The zero-order chi connectivity index (χ0) is 24.6. The van der Waals surface area contributed by atoms with Crippen LogP contribution in [0.15, 0.2) is 69.6 Å². The van der Waals surface area contributed by atoms with E-state index in [2.05, 4.69) is 37.9 Å². The number of halogens is 1. The Labute approximate surface area is 207 Å². The topological polar surface area (TPSA) is 60.7 Å². The largest absolute Gasteiger partial charge is 0.463 e. The summed E-state index contributed by atoms with van der Waals surface area (Å²) in [5.41, 5.74) is 3.47. The van der Waals surface area contributed by atoms with Crippen LogP contribution in [0.4, 0.5) is 0 Å². The Balaban J connectivity index is 1.91. The standard InChI is InChI=1S/C27H27ClN2O3S/c1-6-33-25(32)22-16(2)29-26-30(23(22)19-9-7-8-10-20(19)28)24(31)21(34-26)15-17-11-13-18(14-12-17)27(3,4)5/h7-15,23H,6H2,1-5H3/b21-15-/t23-/m1/s1. The summed E-state index contributed by atoms with van der Waals surface area (Å²) in [5, 5.41) is 0.469. The number of hydrogen-bond donors (Lipinski definition) is 0. The first-order valence-corrected chi connectivity index (χ1v) is 12.4. The van der Waals surface area contributed by atoms with Gasteiger partial charge in [0, 0.05) is 5.02 Å². The smallest absolute Gasteiger partial charge is 0.338 e. The van der Waals surface area contributed by atoms with Gasteiger partial charge in [0.15, 0.2) is 4.80 Å². The van der Waals surface area contributed by atoms with Gasteiger partial charge in [-0.05, 0) is 48.1 Å². The Hall–Kier alpha value is -2.96. The van der Waals surface area contributed by atoms with Crippen molar-refractivity contribution in [3.63, 3.8) is 0 Å². The van der Waals surface area contributed by atoms with Crippen LogP contribution in [0.5, 0.6) is 0 Å². The molecule has 1 aliphatic rings. The van der Waals surface area contributed by atoms with Crippen LogP contribution in [0.25, 0.3) is 6.08 Å². The first-order valence-electron chi connectivity index (χ1n) is 11.2. The number of carbonyl (C=O) groups is 1. The van der Waals surface area contributed by atoms with Crippen molar-refractivity contribution in [1.29, 1.82) is 0 Å². The number of allylic oxidation sites excluding steroid dienone is 1. The molecule has 0 amide bonds. The molecule has 3 aromatic rings. The maximum absolute atomic E-state index is 13.6. The number of esters is 1. The molecule has 4 rings (SSSR count). The monoisotopic (exact) mass is 494 g/mol. The minimum absolute atomic E-state index is 0.0495. The van der Waals surface area contributed by atoms with Crippen molar-refractivity contribution < 1.29 is 9.53 Å². The number of hydrogen-bond acceptors (Lipinski definition) is 5. The highest BCUT2D eigenvalue weighted by molar-refractivity contribution is 7.07. The van der Waals surface area contributed by atoms with Crippen molar-refractivity contribution >= 4 is 35.0 Å². The van der Waals surface area contributed by atoms with Gasteiger partial charge in [-0.3, -0.25) is 9.36 Å². The molecule has 7 heteroatoms. The molecule has 0 bridgehead atoms. The fraction of sp³-hybridized carbons (Fsp3) is 0.296. The van der Waals surface area contributed by atoms with Crippen LogP contribution in [-0.4, -0.2) is 17.1 Å². The summed E-state index contributed by atoms with van der Waals surface area (Å²) >= 11 is 7.83. The number of nitrogens with zero attached hydrogens (tertiary/aromatic N) is 2. The van der Waals surface area contributed by atoms with E-state index in [1.807, 2.05) is 36.4 Å². The molecular formula is C27H27ClN2O3S. The minimum atomic E-state index is -0.714. The Kier molecular flexibility index (Phi) is 6.65. The van der Waals surface area contributed by atoms with Crippen molar-refractivity contribution in [2.24, 2.45) is 4.99 Å². The molecule has 1 atom stereocenters. The lowest BCUT2D eigenvalue weighted by Gasteiger charge is -2.25. The molecule has 0 N–H and O–H groups in total. The van der Waals surface area contributed by atoms with Gasteiger partial charge < -0.3 is 4.74 Å². The summed E-state index contributed by atoms with van der Waals surface area (Å²) in [4.78, 5) is 31.7. The van der Waals surface area contributed by atoms with Gasteiger partial charge in [-0.25, -0.2) is 9.79 Å². The number of rotatable bonds is 4. The molecule has 0 spiro atoms. The lowest BCUT2D eigenvalue weighted by molar-refractivity contribution is -0.139. The van der Waals surface area contributed by atoms with Crippen molar-refractivity contribution in [2.45, 2.75) is 46.1 Å². The van der Waals surface area contributed by atoms with E-state index in [1.165, 1.54) is 16.9 Å². The number of fused-ring (bicyclic) bond motifs is 1. The fourth-order valence-electron chi connectivity index (χ4n) is 4.01. The molecule has 0 unspecified atom stereocenters. The zero-order valence-electron chi connectivity index (χ0n) is 19.9. The molecule has 2 aromatic carbocycles. The Morgan fingerprint density at radius 2 is 1.85 bits per heavy atom. The lowest BCUT2D eigenvalue weighted by atomic mass is 9.87. The van der Waals surface area contributed by atoms with Crippen LogP contribution in [0.2, 0.25) is 5.02 Å². The number of carbonyl (C=O) groups excluding carboxylic acids is 1. The van der Waals surface area contributed by atoms with Crippen LogP contribution in [0.3, 0.4) is 0 Å². The Bertz CT molecular complexity index is 1460. The van der Waals surface area contributed by atoms with E-state index in [0.29, 0.717) is 31.2 Å². The van der Waals surface area contributed by atoms with E-state index < -0.39 is 12.0 Å². The molecule has 176 valence electrons. The van der Waals surface area contributed by atoms with Gasteiger partial charge in [-0.15, -0.1) is 0 Å². The maximum atomic E-state index is 13.6. The highest BCUT2D eigenvalue weighted by Gasteiger charge is 2.34. The average Bonchev–Trinajstić information content (AvgIpc) is 3.07. The second-order valence-electron chi connectivity index (χ2n) is 9.20. The van der Waals surface area contributed by atoms with Crippen LogP contribution in [0.1, 0.15) is 57.4 Å². The van der Waals surface area contributed by atoms with Crippen LogP contribution in [0, 0.1) is 0 Å². The molecule has 0 fully saturated rings. The Morgan fingerprint density at radius 3 is 2.47 bits per heavy atom. The van der Waals surface area contributed by atoms with Crippen molar-refractivity contribution in [3.05, 3.63) is 101 Å². The summed E-state index contributed by atoms with van der Waals surface area (Å²) in [6, 6.07) is 14.7. The predicted molar refractivity (Wildman–Crippen MR) is 137 cm³/mol. The zero-order valence-corrected chi connectivity index (χ0v) is 21.5. The van der Waals surface area contributed by atoms with E-state index in [1.54, 1.807) is 24.5 Å². The van der Waals surface area contributed by atoms with Crippen LogP contribution >= 0.6 is 22.9 Å². The number of aromatic nitrogens is 1. The molecule has 0 aliphatic carbocycles. The van der Waals surface area contributed by atoms with E-state index >= 15 is 0 Å². The predicted octanol–water partition coefficient (Wildman–Crippen LogP) is 4.75. The minimum Gasteiger partial charge on any atom is -0.463 e. The van der Waals surface area contributed by atoms with Gasteiger partial charge in [0.2, 0.25) is 0 Å². The highest BCUT2D eigenvalue weighted by atomic mass is 35.5. The molecule has 1 aliphatic heterocycles. The normalized spacial score (nSPS) is 16.3. The first kappa shape index (κ1) is 24.2. The first-order chi connectivity index (χ1) is 16.1.